The second-order valence-corrected chi connectivity index (χ2v) is 6.50. The van der Waals surface area contributed by atoms with E-state index < -0.39 is 0 Å². The van der Waals surface area contributed by atoms with Gasteiger partial charge in [0.1, 0.15) is 6.54 Å². The molecule has 6 nitrogen and oxygen atoms in total. The largest absolute Gasteiger partial charge is 0.328 e. The molecule has 1 fully saturated rings. The van der Waals surface area contributed by atoms with E-state index in [1.165, 1.54) is 16.5 Å². The molecule has 3 rings (SSSR count). The van der Waals surface area contributed by atoms with Gasteiger partial charge in [-0.25, -0.2) is 0 Å². The molecule has 7 heteroatoms. The van der Waals surface area contributed by atoms with E-state index >= 15 is 0 Å². The zero-order valence-corrected chi connectivity index (χ0v) is 14.5. The number of hydrogen-bond donors (Lipinski definition) is 1. The fraction of sp³-hybridized carbons (Fsp3) is 0.278. The van der Waals surface area contributed by atoms with Gasteiger partial charge in [-0.05, 0) is 18.2 Å². The van der Waals surface area contributed by atoms with Crippen molar-refractivity contribution in [3.63, 3.8) is 0 Å². The molecule has 1 saturated heterocycles. The summed E-state index contributed by atoms with van der Waals surface area (Å²) in [5.41, 5.74) is 1.89. The number of rotatable bonds is 5. The summed E-state index contributed by atoms with van der Waals surface area (Å²) in [4.78, 5) is 12.1. The summed E-state index contributed by atoms with van der Waals surface area (Å²) >= 11 is 5.92. The Morgan fingerprint density at radius 3 is 2.52 bits per heavy atom. The van der Waals surface area contributed by atoms with Crippen molar-refractivity contribution in [3.8, 4) is 0 Å². The number of piperazine rings is 1. The molecular formula is C18H20ClN4O2+. The smallest absolute Gasteiger partial charge is 0.278 e. The molecule has 2 aromatic carbocycles. The number of nitrogens with zero attached hydrogens (tertiary/aromatic N) is 3. The van der Waals surface area contributed by atoms with Crippen molar-refractivity contribution < 1.29 is 9.82 Å². The van der Waals surface area contributed by atoms with Gasteiger partial charge in [-0.15, -0.1) is 0 Å². The number of nitro benzene ring substituents is 1. The molecule has 0 amide bonds. The van der Waals surface area contributed by atoms with Crippen molar-refractivity contribution in [2.75, 3.05) is 26.2 Å². The Morgan fingerprint density at radius 1 is 1.16 bits per heavy atom. The Balaban J connectivity index is 1.54. The van der Waals surface area contributed by atoms with E-state index in [0.29, 0.717) is 5.56 Å². The molecule has 1 N–H and O–H groups in total. The van der Waals surface area contributed by atoms with Crippen LogP contribution in [0.5, 0.6) is 0 Å². The SMILES string of the molecule is O=[N+]([O-])c1ccccc1C=NN1CC[NH+](Cc2ccc(Cl)cc2)CC1. The summed E-state index contributed by atoms with van der Waals surface area (Å²) in [5.74, 6) is 0. The molecular weight excluding hydrogens is 340 g/mol. The van der Waals surface area contributed by atoms with Crippen LogP contribution < -0.4 is 4.90 Å². The van der Waals surface area contributed by atoms with Crippen LogP contribution in [-0.4, -0.2) is 42.3 Å². The highest BCUT2D eigenvalue weighted by atomic mass is 35.5. The van der Waals surface area contributed by atoms with Crippen LogP contribution >= 0.6 is 11.6 Å². The fourth-order valence-corrected chi connectivity index (χ4v) is 3.03. The molecule has 1 aliphatic heterocycles. The second kappa shape index (κ2) is 8.09. The standard InChI is InChI=1S/C18H19ClN4O2/c19-17-7-5-15(6-8-17)14-21-9-11-22(12-10-21)20-13-16-3-1-2-4-18(16)23(24)25/h1-8,13H,9-12,14H2/p+1. The molecule has 0 unspecified atom stereocenters. The predicted octanol–water partition coefficient (Wildman–Crippen LogP) is 1.98. The number of benzene rings is 2. The fourth-order valence-electron chi connectivity index (χ4n) is 2.90. The maximum Gasteiger partial charge on any atom is 0.278 e. The monoisotopic (exact) mass is 359 g/mol. The molecule has 0 aromatic heterocycles. The quantitative estimate of drug-likeness (QED) is 0.504. The van der Waals surface area contributed by atoms with Crippen LogP contribution in [0.1, 0.15) is 11.1 Å². The molecule has 2 aromatic rings. The van der Waals surface area contributed by atoms with Crippen LogP contribution in [0.2, 0.25) is 5.02 Å². The van der Waals surface area contributed by atoms with E-state index in [4.69, 9.17) is 11.6 Å². The molecule has 0 radical (unpaired) electrons. The highest BCUT2D eigenvalue weighted by molar-refractivity contribution is 6.30. The summed E-state index contributed by atoms with van der Waals surface area (Å²) in [7, 11) is 0. The number of nitrogens with one attached hydrogen (secondary N) is 1. The van der Waals surface area contributed by atoms with Crippen LogP contribution in [0.15, 0.2) is 53.6 Å². The summed E-state index contributed by atoms with van der Waals surface area (Å²) in [6, 6.07) is 14.6. The van der Waals surface area contributed by atoms with Crippen molar-refractivity contribution in [2.45, 2.75) is 6.54 Å². The number of hydrazone groups is 1. The number of halogens is 1. The van der Waals surface area contributed by atoms with Gasteiger partial charge < -0.3 is 4.90 Å². The molecule has 0 atom stereocenters. The van der Waals surface area contributed by atoms with Crippen LogP contribution in [0.3, 0.4) is 0 Å². The molecule has 1 aliphatic rings. The van der Waals surface area contributed by atoms with Crippen molar-refractivity contribution in [1.29, 1.82) is 0 Å². The van der Waals surface area contributed by atoms with Gasteiger partial charge in [0.05, 0.1) is 42.9 Å². The highest BCUT2D eigenvalue weighted by Crippen LogP contribution is 2.15. The van der Waals surface area contributed by atoms with Crippen molar-refractivity contribution in [3.05, 3.63) is 74.8 Å². The molecule has 0 bridgehead atoms. The Labute approximate surface area is 151 Å². The van der Waals surface area contributed by atoms with Gasteiger partial charge in [-0.3, -0.25) is 15.1 Å². The number of nitro groups is 1. The molecule has 25 heavy (non-hydrogen) atoms. The number of para-hydroxylation sites is 1. The van der Waals surface area contributed by atoms with Gasteiger partial charge in [0.15, 0.2) is 0 Å². The lowest BCUT2D eigenvalue weighted by molar-refractivity contribution is -0.918. The van der Waals surface area contributed by atoms with Crippen LogP contribution in [-0.2, 0) is 6.54 Å². The minimum atomic E-state index is -0.379. The first-order chi connectivity index (χ1) is 12.1. The van der Waals surface area contributed by atoms with E-state index in [1.54, 1.807) is 24.4 Å². The third-order valence-corrected chi connectivity index (χ3v) is 4.56. The Hall–Kier alpha value is -2.44. The first kappa shape index (κ1) is 17.4. The van der Waals surface area contributed by atoms with Crippen LogP contribution in [0.4, 0.5) is 5.69 Å². The second-order valence-electron chi connectivity index (χ2n) is 6.07. The molecule has 0 aliphatic carbocycles. The number of hydrogen-bond acceptors (Lipinski definition) is 4. The molecule has 1 heterocycles. The summed E-state index contributed by atoms with van der Waals surface area (Å²) in [6.45, 7) is 4.60. The first-order valence-corrected chi connectivity index (χ1v) is 8.60. The van der Waals surface area contributed by atoms with E-state index in [9.17, 15) is 10.1 Å². The topological polar surface area (TPSA) is 63.2 Å². The van der Waals surface area contributed by atoms with Gasteiger partial charge in [0.2, 0.25) is 0 Å². The van der Waals surface area contributed by atoms with Crippen LogP contribution in [0.25, 0.3) is 0 Å². The van der Waals surface area contributed by atoms with E-state index in [1.807, 2.05) is 17.1 Å². The first-order valence-electron chi connectivity index (χ1n) is 8.22. The van der Waals surface area contributed by atoms with E-state index in [-0.39, 0.29) is 10.6 Å². The molecule has 0 spiro atoms. The maximum absolute atomic E-state index is 11.0. The summed E-state index contributed by atoms with van der Waals surface area (Å²) in [6.07, 6.45) is 1.59. The summed E-state index contributed by atoms with van der Waals surface area (Å²) in [5, 5.41) is 18.2. The average molecular weight is 360 g/mol. The highest BCUT2D eigenvalue weighted by Gasteiger charge is 2.19. The van der Waals surface area contributed by atoms with Crippen molar-refractivity contribution in [1.82, 2.24) is 5.01 Å². The minimum Gasteiger partial charge on any atom is -0.328 e. The Morgan fingerprint density at radius 2 is 1.84 bits per heavy atom. The zero-order chi connectivity index (χ0) is 17.6. The van der Waals surface area contributed by atoms with Gasteiger partial charge in [0.25, 0.3) is 5.69 Å². The van der Waals surface area contributed by atoms with Crippen molar-refractivity contribution in [2.24, 2.45) is 5.10 Å². The third kappa shape index (κ3) is 4.78. The minimum absolute atomic E-state index is 0.0817. The Kier molecular flexibility index (Phi) is 5.63. The van der Waals surface area contributed by atoms with Gasteiger partial charge in [-0.2, -0.15) is 5.10 Å². The van der Waals surface area contributed by atoms with E-state index in [2.05, 4.69) is 17.2 Å². The van der Waals surface area contributed by atoms with E-state index in [0.717, 1.165) is 37.7 Å². The number of quaternary nitrogens is 1. The van der Waals surface area contributed by atoms with Gasteiger partial charge in [-0.1, -0.05) is 35.9 Å². The average Bonchev–Trinajstić information content (AvgIpc) is 2.63. The lowest BCUT2D eigenvalue weighted by atomic mass is 10.2. The zero-order valence-electron chi connectivity index (χ0n) is 13.8. The normalized spacial score (nSPS) is 15.6. The van der Waals surface area contributed by atoms with Crippen LogP contribution in [0, 0.1) is 10.1 Å². The van der Waals surface area contributed by atoms with Gasteiger partial charge in [0, 0.05) is 16.7 Å². The van der Waals surface area contributed by atoms with Gasteiger partial charge >= 0.3 is 0 Å². The third-order valence-electron chi connectivity index (χ3n) is 4.31. The summed E-state index contributed by atoms with van der Waals surface area (Å²) < 4.78 is 0. The Bertz CT molecular complexity index is 756. The lowest BCUT2D eigenvalue weighted by Crippen LogP contribution is -3.13. The maximum atomic E-state index is 11.0. The molecule has 0 saturated carbocycles. The predicted molar refractivity (Wildman–Crippen MR) is 98.1 cm³/mol. The lowest BCUT2D eigenvalue weighted by Gasteiger charge is -2.30. The molecule has 130 valence electrons. The van der Waals surface area contributed by atoms with Crippen molar-refractivity contribution >= 4 is 23.5 Å².